The second-order valence-corrected chi connectivity index (χ2v) is 11.2. The van der Waals surface area contributed by atoms with Gasteiger partial charge in [-0.05, 0) is 17.4 Å². The smallest absolute Gasteiger partial charge is 0.0532 e. The summed E-state index contributed by atoms with van der Waals surface area (Å²) in [7, 11) is -0.897. The Balaban J connectivity index is 1.36. The first-order valence-corrected chi connectivity index (χ1v) is 13.4. The molecule has 3 heterocycles. The van der Waals surface area contributed by atoms with Gasteiger partial charge in [-0.3, -0.25) is 0 Å². The Bertz CT molecular complexity index is 1250. The first-order chi connectivity index (χ1) is 16.7. The van der Waals surface area contributed by atoms with E-state index >= 15 is 0 Å². The van der Waals surface area contributed by atoms with E-state index in [0.717, 1.165) is 65.0 Å². The van der Waals surface area contributed by atoms with E-state index in [1.165, 1.54) is 0 Å². The van der Waals surface area contributed by atoms with E-state index < -0.39 is 13.1 Å². The van der Waals surface area contributed by atoms with E-state index in [0.29, 0.717) is 30.7 Å². The van der Waals surface area contributed by atoms with Crippen LogP contribution in [-0.4, -0.2) is 38.3 Å². The van der Waals surface area contributed by atoms with Crippen molar-refractivity contribution < 1.29 is 43.7 Å². The second kappa shape index (κ2) is 10.8. The maximum absolute atomic E-state index is 12.9. The fraction of sp³-hybridized carbons (Fsp3) is 0.423. The zero-order valence-electron chi connectivity index (χ0n) is 20.2. The van der Waals surface area contributed by atoms with Crippen LogP contribution >= 0.6 is 0 Å². The number of pyridine rings is 1. The Kier molecular flexibility index (Phi) is 7.94. The van der Waals surface area contributed by atoms with Gasteiger partial charge in [0, 0.05) is 0 Å². The third-order valence-corrected chi connectivity index (χ3v) is 7.34. The van der Waals surface area contributed by atoms with E-state index in [9.17, 15) is 19.7 Å². The molecule has 1 aromatic carbocycles. The number of benzene rings is 1. The van der Waals surface area contributed by atoms with Gasteiger partial charge in [0.05, 0.1) is 6.10 Å². The molecular formula is C26H29BNO6W-. The number of ether oxygens (including phenoxy) is 1. The van der Waals surface area contributed by atoms with E-state index in [1.807, 2.05) is 49.6 Å². The van der Waals surface area contributed by atoms with Gasteiger partial charge in [-0.1, -0.05) is 13.0 Å². The number of nitrogens with zero attached hydrogens (tertiary/aromatic N) is 1. The Labute approximate surface area is 216 Å². The summed E-state index contributed by atoms with van der Waals surface area (Å²) in [6.07, 6.45) is 8.88. The molecule has 2 atom stereocenters. The molecule has 0 saturated carbocycles. The van der Waals surface area contributed by atoms with Gasteiger partial charge in [-0.15, -0.1) is 0 Å². The number of fused-ring (bicyclic) bond motifs is 2. The number of rotatable bonds is 10. The average molecular weight is 646 g/mol. The summed E-state index contributed by atoms with van der Waals surface area (Å²) >= 11 is 1.14. The Morgan fingerprint density at radius 1 is 1.37 bits per heavy atom. The molecule has 0 fully saturated rings. The zero-order chi connectivity index (χ0) is 25.3. The number of aromatic carboxylic acids is 1. The average Bonchev–Trinajstić information content (AvgIpc) is 3.12. The van der Waals surface area contributed by atoms with Crippen LogP contribution in [0.25, 0.3) is 6.08 Å². The van der Waals surface area contributed by atoms with Crippen molar-refractivity contribution in [3.05, 3.63) is 62.6 Å². The molecule has 0 spiro atoms. The number of hydrogen-bond donors (Lipinski definition) is 2. The summed E-state index contributed by atoms with van der Waals surface area (Å²) in [6, 6.07) is 5.89. The molecule has 2 aliphatic rings. The standard InChI is InChI=1S/C26H29BNO6.W/c1-4-18-21(28-16(3)14-22(28)24(25(18)29)26(30)31)10-8-6-7-9-13-33-17-11-12-19-20(15-17)27(32)34-23(19)5-2;/h10-12,15-16,23,32H,5-7,9,13-14H2,1-3H3,(H,30,31);/q-1;. The first-order valence-electron chi connectivity index (χ1n) is 12.0. The fourth-order valence-corrected chi connectivity index (χ4v) is 5.59. The molecule has 2 aromatic rings. The van der Waals surface area contributed by atoms with Crippen molar-refractivity contribution >= 4 is 28.5 Å². The summed E-state index contributed by atoms with van der Waals surface area (Å²) in [5.41, 5.74) is 3.18. The Morgan fingerprint density at radius 3 is 2.80 bits per heavy atom. The van der Waals surface area contributed by atoms with Crippen LogP contribution < -0.4 is 15.6 Å². The van der Waals surface area contributed by atoms with Crippen LogP contribution in [-0.2, 0) is 30.4 Å². The molecule has 0 bridgehead atoms. The number of carbonyl (C=O) groups is 1. The van der Waals surface area contributed by atoms with Crippen LogP contribution in [0.5, 0.6) is 5.75 Å². The summed E-state index contributed by atoms with van der Waals surface area (Å²) in [6.45, 7) is 6.48. The van der Waals surface area contributed by atoms with Crippen molar-refractivity contribution in [1.29, 1.82) is 0 Å². The molecular weight excluding hydrogens is 617 g/mol. The maximum atomic E-state index is 12.9. The molecule has 184 valence electrons. The number of hydrogen-bond acceptors (Lipinski definition) is 5. The van der Waals surface area contributed by atoms with Gasteiger partial charge >= 0.3 is 170 Å². The predicted molar refractivity (Wildman–Crippen MR) is 131 cm³/mol. The number of unbranched alkanes of at least 4 members (excludes halogenated alkanes) is 2. The Hall–Kier alpha value is -2.28. The van der Waals surface area contributed by atoms with Crippen LogP contribution in [0.4, 0.5) is 0 Å². The van der Waals surface area contributed by atoms with E-state index in [-0.39, 0.29) is 23.1 Å². The summed E-state index contributed by atoms with van der Waals surface area (Å²) in [5, 5.41) is 19.7. The SMILES string of the molecule is CCC1OB(O)c2cc(OCCCC[C-]=Cc3c([C](C)=[W])c(=O)c(C(=O)O)c4n3C(C)C4)ccc21. The Morgan fingerprint density at radius 2 is 2.14 bits per heavy atom. The minimum absolute atomic E-state index is 0.0662. The van der Waals surface area contributed by atoms with Crippen LogP contribution in [0.2, 0.25) is 0 Å². The molecule has 2 N–H and O–H groups in total. The molecule has 1 aromatic heterocycles. The molecule has 2 unspecified atom stereocenters. The molecule has 2 aliphatic heterocycles. The zero-order valence-corrected chi connectivity index (χ0v) is 23.1. The number of allylic oxidation sites excluding steroid dienone is 1. The van der Waals surface area contributed by atoms with Gasteiger partial charge in [-0.25, -0.2) is 0 Å². The first kappa shape index (κ1) is 25.8. The quantitative estimate of drug-likeness (QED) is 0.234. The second-order valence-electron chi connectivity index (χ2n) is 9.03. The molecule has 0 saturated heterocycles. The molecule has 0 radical (unpaired) electrons. The van der Waals surface area contributed by atoms with Gasteiger partial charge in [-0.2, -0.15) is 0 Å². The minimum atomic E-state index is -1.15. The van der Waals surface area contributed by atoms with Crippen molar-refractivity contribution in [2.45, 2.75) is 65.0 Å². The molecule has 7 nitrogen and oxygen atoms in total. The van der Waals surface area contributed by atoms with Crippen LogP contribution in [0, 0.1) is 6.08 Å². The van der Waals surface area contributed by atoms with Crippen LogP contribution in [0.1, 0.15) is 91.5 Å². The van der Waals surface area contributed by atoms with Crippen LogP contribution in [0.15, 0.2) is 23.0 Å². The topological polar surface area (TPSA) is 98.0 Å². The van der Waals surface area contributed by atoms with Crippen molar-refractivity contribution in [3.8, 4) is 5.75 Å². The van der Waals surface area contributed by atoms with Crippen molar-refractivity contribution in [2.75, 3.05) is 6.61 Å². The van der Waals surface area contributed by atoms with E-state index in [2.05, 4.69) is 6.08 Å². The number of aromatic nitrogens is 1. The molecule has 35 heavy (non-hydrogen) atoms. The third-order valence-electron chi connectivity index (χ3n) is 6.60. The van der Waals surface area contributed by atoms with Gasteiger partial charge in [0.1, 0.15) is 0 Å². The monoisotopic (exact) mass is 646 g/mol. The molecule has 0 amide bonds. The molecule has 4 rings (SSSR count). The summed E-state index contributed by atoms with van der Waals surface area (Å²) < 4.78 is 14.3. The summed E-state index contributed by atoms with van der Waals surface area (Å²) in [4.78, 5) is 24.6. The van der Waals surface area contributed by atoms with Gasteiger partial charge < -0.3 is 9.68 Å². The van der Waals surface area contributed by atoms with Crippen LogP contribution in [0.3, 0.4) is 0 Å². The third kappa shape index (κ3) is 5.02. The van der Waals surface area contributed by atoms with Gasteiger partial charge in [0.2, 0.25) is 0 Å². The van der Waals surface area contributed by atoms with Crippen molar-refractivity contribution in [2.24, 2.45) is 0 Å². The predicted octanol–water partition coefficient (Wildman–Crippen LogP) is 2.99. The van der Waals surface area contributed by atoms with E-state index in [4.69, 9.17) is 9.39 Å². The van der Waals surface area contributed by atoms with Crippen molar-refractivity contribution in [1.82, 2.24) is 4.57 Å². The fourth-order valence-electron chi connectivity index (χ4n) is 4.88. The van der Waals surface area contributed by atoms with Gasteiger partial charge in [0.25, 0.3) is 0 Å². The summed E-state index contributed by atoms with van der Waals surface area (Å²) in [5.74, 6) is -0.437. The number of carboxylic acids is 1. The number of carboxylic acid groups (broad SMARTS) is 1. The van der Waals surface area contributed by atoms with E-state index in [1.54, 1.807) is 0 Å². The normalized spacial score (nSPS) is 18.3. The molecule has 0 aliphatic carbocycles. The minimum Gasteiger partial charge on any atom is -0.0532 e. The van der Waals surface area contributed by atoms with Crippen molar-refractivity contribution in [3.63, 3.8) is 0 Å². The molecule has 9 heteroatoms. The van der Waals surface area contributed by atoms with Gasteiger partial charge in [0.15, 0.2) is 0 Å².